The summed E-state index contributed by atoms with van der Waals surface area (Å²) in [5.74, 6) is 0. The molecule has 7 heteroatoms. The van der Waals surface area contributed by atoms with Crippen molar-refractivity contribution in [3.05, 3.63) is 24.0 Å². The molecule has 0 amide bonds. The maximum absolute atomic E-state index is 12.8. The second-order valence-electron chi connectivity index (χ2n) is 6.58. The van der Waals surface area contributed by atoms with Crippen LogP contribution in [0.1, 0.15) is 33.4 Å². The minimum atomic E-state index is -3.58. The molecule has 0 bridgehead atoms. The summed E-state index contributed by atoms with van der Waals surface area (Å²) in [6.07, 6.45) is 1.37. The summed E-state index contributed by atoms with van der Waals surface area (Å²) >= 11 is 0. The standard InChI is InChI=1S/C14H23N3O3S/c1-13(2)9-17(10-14(3,4)20-13)21(18,19)12-6-5-11(7-15)16-8-12/h5-6,8H,7,9-10,15H2,1-4H3. The fourth-order valence-corrected chi connectivity index (χ4v) is 4.41. The van der Waals surface area contributed by atoms with Gasteiger partial charge in [0, 0.05) is 25.8 Å². The Balaban J connectivity index is 2.33. The second kappa shape index (κ2) is 5.31. The normalized spacial score (nSPS) is 22.1. The number of pyridine rings is 1. The third kappa shape index (κ3) is 3.60. The first-order valence-corrected chi connectivity index (χ1v) is 8.35. The predicted octanol–water partition coefficient (Wildman–Crippen LogP) is 1.12. The van der Waals surface area contributed by atoms with Crippen LogP contribution in [0.3, 0.4) is 0 Å². The molecule has 0 unspecified atom stereocenters. The zero-order chi connectivity index (χ0) is 15.9. The van der Waals surface area contributed by atoms with Crippen molar-refractivity contribution in [2.24, 2.45) is 5.73 Å². The maximum atomic E-state index is 12.8. The van der Waals surface area contributed by atoms with Gasteiger partial charge in [-0.2, -0.15) is 4.31 Å². The SMILES string of the molecule is CC1(C)CN(S(=O)(=O)c2ccc(CN)nc2)CC(C)(C)O1. The Morgan fingerprint density at radius 3 is 2.24 bits per heavy atom. The number of rotatable bonds is 3. The molecule has 1 saturated heterocycles. The second-order valence-corrected chi connectivity index (χ2v) is 8.52. The van der Waals surface area contributed by atoms with Gasteiger partial charge in [-0.25, -0.2) is 8.42 Å². The van der Waals surface area contributed by atoms with E-state index in [2.05, 4.69) is 4.98 Å². The van der Waals surface area contributed by atoms with E-state index in [1.807, 2.05) is 27.7 Å². The highest BCUT2D eigenvalue weighted by molar-refractivity contribution is 7.89. The van der Waals surface area contributed by atoms with Crippen LogP contribution in [0.4, 0.5) is 0 Å². The van der Waals surface area contributed by atoms with Crippen LogP contribution in [0.15, 0.2) is 23.2 Å². The quantitative estimate of drug-likeness (QED) is 0.904. The molecule has 1 aliphatic rings. The Kier molecular flexibility index (Phi) is 4.14. The summed E-state index contributed by atoms with van der Waals surface area (Å²) in [7, 11) is -3.58. The van der Waals surface area contributed by atoms with Crippen molar-refractivity contribution in [1.82, 2.24) is 9.29 Å². The minimum Gasteiger partial charge on any atom is -0.367 e. The molecule has 1 aliphatic heterocycles. The van der Waals surface area contributed by atoms with Gasteiger partial charge >= 0.3 is 0 Å². The lowest BCUT2D eigenvalue weighted by molar-refractivity contribution is -0.163. The number of sulfonamides is 1. The fourth-order valence-electron chi connectivity index (χ4n) is 2.72. The first-order valence-electron chi connectivity index (χ1n) is 6.91. The first kappa shape index (κ1) is 16.4. The Bertz CT molecular complexity index is 593. The molecule has 2 heterocycles. The van der Waals surface area contributed by atoms with Gasteiger partial charge in [-0.05, 0) is 39.8 Å². The largest absolute Gasteiger partial charge is 0.367 e. The molecule has 0 aliphatic carbocycles. The number of nitrogens with zero attached hydrogens (tertiary/aromatic N) is 2. The predicted molar refractivity (Wildman–Crippen MR) is 80.1 cm³/mol. The van der Waals surface area contributed by atoms with Crippen molar-refractivity contribution < 1.29 is 13.2 Å². The lowest BCUT2D eigenvalue weighted by Crippen LogP contribution is -2.58. The third-order valence-corrected chi connectivity index (χ3v) is 5.09. The Labute approximate surface area is 126 Å². The fraction of sp³-hybridized carbons (Fsp3) is 0.643. The van der Waals surface area contributed by atoms with Crippen LogP contribution in [0, 0.1) is 0 Å². The van der Waals surface area contributed by atoms with Crippen LogP contribution < -0.4 is 5.73 Å². The number of morpholine rings is 1. The molecule has 0 atom stereocenters. The van der Waals surface area contributed by atoms with Gasteiger partial charge in [0.2, 0.25) is 10.0 Å². The number of aromatic nitrogens is 1. The molecular formula is C14H23N3O3S. The molecule has 0 saturated carbocycles. The van der Waals surface area contributed by atoms with Crippen LogP contribution in [0.25, 0.3) is 0 Å². The highest BCUT2D eigenvalue weighted by Gasteiger charge is 2.43. The van der Waals surface area contributed by atoms with E-state index in [0.29, 0.717) is 18.8 Å². The van der Waals surface area contributed by atoms with Crippen molar-refractivity contribution in [3.8, 4) is 0 Å². The van der Waals surface area contributed by atoms with Crippen LogP contribution in [-0.2, 0) is 21.3 Å². The van der Waals surface area contributed by atoms with Gasteiger partial charge in [0.05, 0.1) is 16.9 Å². The van der Waals surface area contributed by atoms with Gasteiger partial charge in [0.1, 0.15) is 4.90 Å². The highest BCUT2D eigenvalue weighted by Crippen LogP contribution is 2.31. The summed E-state index contributed by atoms with van der Waals surface area (Å²) in [4.78, 5) is 4.26. The highest BCUT2D eigenvalue weighted by atomic mass is 32.2. The van der Waals surface area contributed by atoms with Gasteiger partial charge in [0.25, 0.3) is 0 Å². The molecule has 6 nitrogen and oxygen atoms in total. The van der Waals surface area contributed by atoms with Crippen LogP contribution in [-0.4, -0.2) is 42.0 Å². The summed E-state index contributed by atoms with van der Waals surface area (Å²) in [5, 5.41) is 0. The lowest BCUT2D eigenvalue weighted by Gasteiger charge is -2.46. The van der Waals surface area contributed by atoms with Gasteiger partial charge in [-0.15, -0.1) is 0 Å². The Hall–Kier alpha value is -1.02. The number of ether oxygens (including phenoxy) is 1. The lowest BCUT2D eigenvalue weighted by atomic mass is 10.0. The van der Waals surface area contributed by atoms with Crippen molar-refractivity contribution >= 4 is 10.0 Å². The van der Waals surface area contributed by atoms with Gasteiger partial charge in [-0.1, -0.05) is 0 Å². The number of nitrogens with two attached hydrogens (primary N) is 1. The zero-order valence-electron chi connectivity index (χ0n) is 13.0. The van der Waals surface area contributed by atoms with Crippen molar-refractivity contribution in [1.29, 1.82) is 0 Å². The monoisotopic (exact) mass is 313 g/mol. The van der Waals surface area contributed by atoms with Crippen LogP contribution in [0.5, 0.6) is 0 Å². The molecule has 21 heavy (non-hydrogen) atoms. The topological polar surface area (TPSA) is 85.5 Å². The zero-order valence-corrected chi connectivity index (χ0v) is 13.8. The van der Waals surface area contributed by atoms with E-state index in [-0.39, 0.29) is 11.4 Å². The third-order valence-electron chi connectivity index (χ3n) is 3.31. The molecule has 118 valence electrons. The molecule has 0 radical (unpaired) electrons. The van der Waals surface area contributed by atoms with Crippen molar-refractivity contribution in [2.75, 3.05) is 13.1 Å². The molecule has 1 aromatic heterocycles. The van der Waals surface area contributed by atoms with E-state index >= 15 is 0 Å². The Morgan fingerprint density at radius 2 is 1.81 bits per heavy atom. The van der Waals surface area contributed by atoms with Crippen LogP contribution >= 0.6 is 0 Å². The van der Waals surface area contributed by atoms with Crippen molar-refractivity contribution in [2.45, 2.75) is 50.3 Å². The van der Waals surface area contributed by atoms with Crippen molar-refractivity contribution in [3.63, 3.8) is 0 Å². The van der Waals surface area contributed by atoms with E-state index in [1.54, 1.807) is 12.1 Å². The van der Waals surface area contributed by atoms with Gasteiger partial charge in [-0.3, -0.25) is 4.98 Å². The molecule has 0 spiro atoms. The average Bonchev–Trinajstić information content (AvgIpc) is 2.35. The maximum Gasteiger partial charge on any atom is 0.244 e. The number of hydrogen-bond acceptors (Lipinski definition) is 5. The van der Waals surface area contributed by atoms with E-state index in [9.17, 15) is 8.42 Å². The minimum absolute atomic E-state index is 0.188. The molecule has 1 fully saturated rings. The molecule has 1 aromatic rings. The average molecular weight is 313 g/mol. The van der Waals surface area contributed by atoms with Gasteiger partial charge in [0.15, 0.2) is 0 Å². The van der Waals surface area contributed by atoms with Crippen LogP contribution in [0.2, 0.25) is 0 Å². The summed E-state index contributed by atoms with van der Waals surface area (Å²) in [6.45, 7) is 8.50. The molecule has 2 rings (SSSR count). The smallest absolute Gasteiger partial charge is 0.244 e. The van der Waals surface area contributed by atoms with E-state index in [0.717, 1.165) is 0 Å². The Morgan fingerprint density at radius 1 is 1.24 bits per heavy atom. The first-order chi connectivity index (χ1) is 9.56. The molecule has 0 aromatic carbocycles. The van der Waals surface area contributed by atoms with E-state index in [1.165, 1.54) is 10.5 Å². The summed E-state index contributed by atoms with van der Waals surface area (Å²) < 4.78 is 32.9. The molecular weight excluding hydrogens is 290 g/mol. The molecule has 2 N–H and O–H groups in total. The number of hydrogen-bond donors (Lipinski definition) is 1. The summed E-state index contributed by atoms with van der Waals surface area (Å²) in [5.41, 5.74) is 5.09. The summed E-state index contributed by atoms with van der Waals surface area (Å²) in [6, 6.07) is 3.20. The van der Waals surface area contributed by atoms with Gasteiger partial charge < -0.3 is 10.5 Å². The van der Waals surface area contributed by atoms with E-state index in [4.69, 9.17) is 10.5 Å². The van der Waals surface area contributed by atoms with E-state index < -0.39 is 21.2 Å².